The molecule has 2 aliphatic heterocycles. The number of benzene rings is 1. The minimum atomic E-state index is -2.09. The first-order valence-corrected chi connectivity index (χ1v) is 20.3. The Morgan fingerprint density at radius 3 is 2.23 bits per heavy atom. The lowest BCUT2D eigenvalue weighted by atomic mass is 9.70. The molecule has 5 nitrogen and oxygen atoms in total. The van der Waals surface area contributed by atoms with Crippen molar-refractivity contribution in [1.82, 2.24) is 4.98 Å². The first kappa shape index (κ1) is 33.4. The Morgan fingerprint density at radius 1 is 1.02 bits per heavy atom. The maximum atomic E-state index is 7.44. The van der Waals surface area contributed by atoms with E-state index in [0.717, 1.165) is 30.6 Å². The lowest BCUT2D eigenvalue weighted by Crippen LogP contribution is -2.47. The molecule has 1 spiro atoms. The molecule has 1 aromatic heterocycles. The van der Waals surface area contributed by atoms with Gasteiger partial charge < -0.3 is 18.6 Å². The van der Waals surface area contributed by atoms with Gasteiger partial charge in [-0.2, -0.15) is 0 Å². The van der Waals surface area contributed by atoms with Crippen molar-refractivity contribution in [1.29, 1.82) is 0 Å². The molecule has 1 fully saturated rings. The molecule has 43 heavy (non-hydrogen) atoms. The van der Waals surface area contributed by atoms with Crippen LogP contribution < -0.4 is 4.74 Å². The number of rotatable bonds is 5. The van der Waals surface area contributed by atoms with Crippen LogP contribution in [-0.4, -0.2) is 36.0 Å². The van der Waals surface area contributed by atoms with Gasteiger partial charge in [0.1, 0.15) is 23.1 Å². The summed E-state index contributed by atoms with van der Waals surface area (Å²) < 4.78 is 27.2. The molecule has 1 aromatic carbocycles. The van der Waals surface area contributed by atoms with Gasteiger partial charge in [0, 0.05) is 41.1 Å². The molecule has 0 radical (unpaired) electrons. The topological polar surface area (TPSA) is 49.8 Å². The van der Waals surface area contributed by atoms with Crippen LogP contribution in [-0.2, 0) is 25.9 Å². The van der Waals surface area contributed by atoms with E-state index in [4.69, 9.17) is 23.6 Å². The van der Waals surface area contributed by atoms with Crippen molar-refractivity contribution in [2.45, 2.75) is 140 Å². The first-order chi connectivity index (χ1) is 19.7. The third-order valence-corrected chi connectivity index (χ3v) is 15.7. The van der Waals surface area contributed by atoms with Crippen LogP contribution in [0.15, 0.2) is 24.3 Å². The summed E-state index contributed by atoms with van der Waals surface area (Å²) in [6.07, 6.45) is 2.57. The van der Waals surface area contributed by atoms with E-state index < -0.39 is 13.9 Å². The van der Waals surface area contributed by atoms with Gasteiger partial charge in [-0.1, -0.05) is 83.2 Å². The zero-order chi connectivity index (χ0) is 31.8. The van der Waals surface area contributed by atoms with Gasteiger partial charge in [0.15, 0.2) is 8.32 Å². The van der Waals surface area contributed by atoms with Gasteiger partial charge in [-0.3, -0.25) is 4.98 Å². The van der Waals surface area contributed by atoms with Crippen molar-refractivity contribution in [2.24, 2.45) is 5.41 Å². The average Bonchev–Trinajstić information content (AvgIpc) is 3.18. The second kappa shape index (κ2) is 11.4. The Balaban J connectivity index is 1.76. The molecule has 0 N–H and O–H groups in total. The number of hydrogen-bond acceptors (Lipinski definition) is 5. The molecule has 2 unspecified atom stereocenters. The monoisotopic (exact) mass is 719 g/mol. The van der Waals surface area contributed by atoms with Crippen molar-refractivity contribution in [2.75, 3.05) is 13.2 Å². The number of ether oxygens (including phenoxy) is 3. The van der Waals surface area contributed by atoms with Gasteiger partial charge in [0.2, 0.25) is 0 Å². The molecular weight excluding hydrogens is 665 g/mol. The zero-order valence-corrected chi connectivity index (χ0v) is 31.8. The van der Waals surface area contributed by atoms with Crippen LogP contribution in [0.4, 0.5) is 0 Å². The summed E-state index contributed by atoms with van der Waals surface area (Å²) in [7, 11) is -2.09. The molecular formula is C36H54INO4Si. The molecule has 0 amide bonds. The lowest BCUT2D eigenvalue weighted by molar-refractivity contribution is -0.113. The second-order valence-electron chi connectivity index (χ2n) is 16.7. The number of hydrogen-bond donors (Lipinski definition) is 0. The van der Waals surface area contributed by atoms with Gasteiger partial charge in [-0.25, -0.2) is 0 Å². The Labute approximate surface area is 275 Å². The molecule has 238 valence electrons. The van der Waals surface area contributed by atoms with Crippen LogP contribution in [0, 0.1) is 5.41 Å². The van der Waals surface area contributed by atoms with Gasteiger partial charge in [0.05, 0.1) is 16.6 Å². The number of nitrogens with zero attached hydrogens (tertiary/aromatic N) is 1. The fraction of sp³-hybridized carbons (Fsp3) is 0.694. The van der Waals surface area contributed by atoms with Gasteiger partial charge in [-0.15, -0.1) is 0 Å². The summed E-state index contributed by atoms with van der Waals surface area (Å²) in [4.78, 5) is 5.56. The summed E-state index contributed by atoms with van der Waals surface area (Å²) >= 11 is 2.59. The molecule has 3 aliphatic rings. The van der Waals surface area contributed by atoms with Crippen molar-refractivity contribution in [3.63, 3.8) is 0 Å². The van der Waals surface area contributed by atoms with E-state index in [2.05, 4.69) is 129 Å². The van der Waals surface area contributed by atoms with Gasteiger partial charge in [-0.05, 0) is 80.8 Å². The Bertz CT molecular complexity index is 1340. The quantitative estimate of drug-likeness (QED) is 0.175. The second-order valence-corrected chi connectivity index (χ2v) is 22.9. The lowest BCUT2D eigenvalue weighted by Gasteiger charge is -2.47. The van der Waals surface area contributed by atoms with Crippen LogP contribution in [0.1, 0.15) is 134 Å². The summed E-state index contributed by atoms with van der Waals surface area (Å²) in [5.41, 5.74) is 6.89. The highest BCUT2D eigenvalue weighted by Crippen LogP contribution is 2.60. The smallest absolute Gasteiger partial charge is 0.192 e. The van der Waals surface area contributed by atoms with Crippen LogP contribution in [0.5, 0.6) is 5.75 Å². The fourth-order valence-corrected chi connectivity index (χ4v) is 9.12. The Hall–Kier alpha value is -1.00. The SMILES string of the molecule is CC(C)c1nc2c(c3c1[C@@H](c1ccc(OC(C)(C)C)cc1)OC31CCOCC1I)[C@@H](O[Si](C)(C)C(C)(C)C)CC(C)(C)C2. The number of fused-ring (bicyclic) bond motifs is 4. The molecule has 1 saturated heterocycles. The predicted molar refractivity (Wildman–Crippen MR) is 186 cm³/mol. The Kier molecular flexibility index (Phi) is 8.81. The Morgan fingerprint density at radius 2 is 1.67 bits per heavy atom. The standard InChI is InChI=1S/C36H54INO4Si/c1-22(2)31-29-30(28-25(38-31)19-35(9,10)20-26(28)42-43(11,12)34(6,7)8)36(17-18-39-21-27(36)37)41-32(29)23-13-15-24(16-14-23)40-33(3,4)5/h13-16,22,26-27,32H,17-21H2,1-12H3/t26-,27?,32+,36?/m0/s1. The molecule has 5 rings (SSSR count). The highest BCUT2D eigenvalue weighted by Gasteiger charge is 2.56. The number of alkyl halides is 1. The molecule has 0 bridgehead atoms. The highest BCUT2D eigenvalue weighted by molar-refractivity contribution is 14.1. The van der Waals surface area contributed by atoms with Gasteiger partial charge in [0.25, 0.3) is 0 Å². The normalized spacial score (nSPS) is 27.3. The van der Waals surface area contributed by atoms with E-state index in [1.54, 1.807) is 0 Å². The van der Waals surface area contributed by atoms with E-state index >= 15 is 0 Å². The minimum absolute atomic E-state index is 0.00432. The number of aromatic nitrogens is 1. The van der Waals surface area contributed by atoms with Crippen LogP contribution in [0.3, 0.4) is 0 Å². The number of halogens is 1. The maximum Gasteiger partial charge on any atom is 0.192 e. The van der Waals surface area contributed by atoms with E-state index in [0.29, 0.717) is 13.2 Å². The largest absolute Gasteiger partial charge is 0.488 e. The van der Waals surface area contributed by atoms with Crippen LogP contribution >= 0.6 is 22.6 Å². The van der Waals surface area contributed by atoms with Crippen molar-refractivity contribution in [3.8, 4) is 5.75 Å². The number of pyridine rings is 1. The molecule has 4 atom stereocenters. The summed E-state index contributed by atoms with van der Waals surface area (Å²) in [5.74, 6) is 1.14. The molecule has 3 heterocycles. The highest BCUT2D eigenvalue weighted by atomic mass is 127. The maximum absolute atomic E-state index is 7.44. The van der Waals surface area contributed by atoms with Crippen molar-refractivity contribution >= 4 is 30.9 Å². The molecule has 1 aliphatic carbocycles. The molecule has 2 aromatic rings. The van der Waals surface area contributed by atoms with E-state index in [9.17, 15) is 0 Å². The summed E-state index contributed by atoms with van der Waals surface area (Å²) in [6, 6.07) is 8.55. The van der Waals surface area contributed by atoms with Crippen molar-refractivity contribution in [3.05, 3.63) is 57.9 Å². The van der Waals surface area contributed by atoms with E-state index in [1.165, 1.54) is 28.1 Å². The first-order valence-electron chi connectivity index (χ1n) is 16.2. The van der Waals surface area contributed by atoms with Gasteiger partial charge >= 0.3 is 0 Å². The molecule has 7 heteroatoms. The summed E-state index contributed by atoms with van der Waals surface area (Å²) in [5, 5.41) is 0.112. The zero-order valence-electron chi connectivity index (χ0n) is 28.6. The summed E-state index contributed by atoms with van der Waals surface area (Å²) in [6.45, 7) is 28.7. The predicted octanol–water partition coefficient (Wildman–Crippen LogP) is 9.96. The molecule has 0 saturated carbocycles. The minimum Gasteiger partial charge on any atom is -0.488 e. The van der Waals surface area contributed by atoms with Crippen LogP contribution in [0.25, 0.3) is 0 Å². The average molecular weight is 720 g/mol. The fourth-order valence-electron chi connectivity index (χ4n) is 6.83. The third-order valence-electron chi connectivity index (χ3n) is 9.89. The van der Waals surface area contributed by atoms with Crippen LogP contribution in [0.2, 0.25) is 18.1 Å². The van der Waals surface area contributed by atoms with E-state index in [-0.39, 0.29) is 38.1 Å². The third kappa shape index (κ3) is 6.36. The van der Waals surface area contributed by atoms with Crippen molar-refractivity contribution < 1.29 is 18.6 Å². The van der Waals surface area contributed by atoms with E-state index in [1.807, 2.05) is 0 Å².